The number of carbonyl (C=O) groups excluding carboxylic acids is 1. The molecule has 1 saturated heterocycles. The highest BCUT2D eigenvalue weighted by Gasteiger charge is 2.30. The SMILES string of the molecule is O=C(Cc1ccc(C(F)(F)F)cc1)N1CCC[C@H](Cc2nc(-c3ccccc3F)no2)C1. The minimum absolute atomic E-state index is 0.0445. The van der Waals surface area contributed by atoms with Gasteiger partial charge in [0.25, 0.3) is 0 Å². The minimum Gasteiger partial charge on any atom is -0.342 e. The van der Waals surface area contributed by atoms with Crippen LogP contribution in [0, 0.1) is 11.7 Å². The first-order chi connectivity index (χ1) is 15.3. The average molecular weight is 447 g/mol. The molecule has 0 unspecified atom stereocenters. The second-order valence-corrected chi connectivity index (χ2v) is 7.92. The van der Waals surface area contributed by atoms with Crippen LogP contribution < -0.4 is 0 Å². The summed E-state index contributed by atoms with van der Waals surface area (Å²) < 4.78 is 57.3. The van der Waals surface area contributed by atoms with Crippen molar-refractivity contribution >= 4 is 5.91 Å². The van der Waals surface area contributed by atoms with E-state index >= 15 is 0 Å². The van der Waals surface area contributed by atoms with Crippen LogP contribution in [0.1, 0.15) is 29.9 Å². The third-order valence-electron chi connectivity index (χ3n) is 5.55. The summed E-state index contributed by atoms with van der Waals surface area (Å²) in [7, 11) is 0. The molecule has 3 aromatic rings. The van der Waals surface area contributed by atoms with Gasteiger partial charge in [0, 0.05) is 19.5 Å². The predicted molar refractivity (Wildman–Crippen MR) is 108 cm³/mol. The van der Waals surface area contributed by atoms with Gasteiger partial charge in [-0.15, -0.1) is 0 Å². The van der Waals surface area contributed by atoms with Gasteiger partial charge in [-0.05, 0) is 48.6 Å². The molecule has 32 heavy (non-hydrogen) atoms. The van der Waals surface area contributed by atoms with Gasteiger partial charge in [0.15, 0.2) is 0 Å². The van der Waals surface area contributed by atoms with Crippen molar-refractivity contribution in [1.82, 2.24) is 15.0 Å². The standard InChI is InChI=1S/C23H21F4N3O2/c24-19-6-2-1-5-18(19)22-28-20(32-29-22)12-16-4-3-11-30(14-16)21(31)13-15-7-9-17(10-8-15)23(25,26)27/h1-2,5-10,16H,3-4,11-14H2/t16-/m1/s1. The van der Waals surface area contributed by atoms with Gasteiger partial charge in [-0.1, -0.05) is 29.4 Å². The average Bonchev–Trinajstić information content (AvgIpc) is 3.22. The zero-order valence-corrected chi connectivity index (χ0v) is 17.1. The predicted octanol–water partition coefficient (Wildman–Crippen LogP) is 4.92. The van der Waals surface area contributed by atoms with E-state index in [-0.39, 0.29) is 29.6 Å². The van der Waals surface area contributed by atoms with E-state index in [4.69, 9.17) is 4.52 Å². The highest BCUT2D eigenvalue weighted by molar-refractivity contribution is 5.78. The number of hydrogen-bond acceptors (Lipinski definition) is 4. The number of benzene rings is 2. The number of likely N-dealkylation sites (tertiary alicyclic amines) is 1. The van der Waals surface area contributed by atoms with Gasteiger partial charge in [-0.2, -0.15) is 18.2 Å². The first-order valence-electron chi connectivity index (χ1n) is 10.3. The van der Waals surface area contributed by atoms with Crippen molar-refractivity contribution in [3.8, 4) is 11.4 Å². The van der Waals surface area contributed by atoms with Crippen molar-refractivity contribution in [3.63, 3.8) is 0 Å². The van der Waals surface area contributed by atoms with Crippen LogP contribution in [0.4, 0.5) is 17.6 Å². The number of alkyl halides is 3. The van der Waals surface area contributed by atoms with Crippen molar-refractivity contribution in [1.29, 1.82) is 0 Å². The van der Waals surface area contributed by atoms with Gasteiger partial charge in [-0.3, -0.25) is 4.79 Å². The lowest BCUT2D eigenvalue weighted by atomic mass is 9.94. The fourth-order valence-corrected chi connectivity index (χ4v) is 3.89. The topological polar surface area (TPSA) is 59.2 Å². The Kier molecular flexibility index (Phi) is 6.25. The molecule has 1 fully saturated rings. The van der Waals surface area contributed by atoms with E-state index < -0.39 is 17.6 Å². The van der Waals surface area contributed by atoms with Crippen molar-refractivity contribution in [2.24, 2.45) is 5.92 Å². The first-order valence-corrected chi connectivity index (χ1v) is 10.3. The third kappa shape index (κ3) is 5.15. The summed E-state index contributed by atoms with van der Waals surface area (Å²) >= 11 is 0. The van der Waals surface area contributed by atoms with Crippen LogP contribution in [0.5, 0.6) is 0 Å². The normalized spacial score (nSPS) is 16.9. The minimum atomic E-state index is -4.40. The zero-order valence-electron chi connectivity index (χ0n) is 17.1. The van der Waals surface area contributed by atoms with Gasteiger partial charge < -0.3 is 9.42 Å². The second-order valence-electron chi connectivity index (χ2n) is 7.92. The van der Waals surface area contributed by atoms with Crippen molar-refractivity contribution in [3.05, 3.63) is 71.4 Å². The summed E-state index contributed by atoms with van der Waals surface area (Å²) in [6.45, 7) is 1.09. The van der Waals surface area contributed by atoms with E-state index in [2.05, 4.69) is 10.1 Å². The molecule has 0 spiro atoms. The van der Waals surface area contributed by atoms with E-state index in [9.17, 15) is 22.4 Å². The van der Waals surface area contributed by atoms with Gasteiger partial charge in [-0.25, -0.2) is 4.39 Å². The van der Waals surface area contributed by atoms with Gasteiger partial charge in [0.2, 0.25) is 17.6 Å². The fraction of sp³-hybridized carbons (Fsp3) is 0.348. The van der Waals surface area contributed by atoms with E-state index in [0.717, 1.165) is 25.0 Å². The van der Waals surface area contributed by atoms with Crippen LogP contribution in [0.25, 0.3) is 11.4 Å². The zero-order chi connectivity index (χ0) is 22.7. The molecule has 1 aliphatic rings. The number of hydrogen-bond donors (Lipinski definition) is 0. The lowest BCUT2D eigenvalue weighted by Crippen LogP contribution is -2.41. The van der Waals surface area contributed by atoms with E-state index in [1.54, 1.807) is 23.1 Å². The molecule has 9 heteroatoms. The molecule has 2 aromatic carbocycles. The highest BCUT2D eigenvalue weighted by atomic mass is 19.4. The van der Waals surface area contributed by atoms with E-state index in [1.807, 2.05) is 0 Å². The molecule has 1 amide bonds. The summed E-state index contributed by atoms with van der Waals surface area (Å²) in [5.74, 6) is 0.105. The van der Waals surface area contributed by atoms with Crippen molar-refractivity contribution < 1.29 is 26.9 Å². The van der Waals surface area contributed by atoms with E-state index in [0.29, 0.717) is 31.0 Å². The van der Waals surface area contributed by atoms with Crippen LogP contribution in [-0.4, -0.2) is 34.0 Å². The monoisotopic (exact) mass is 447 g/mol. The largest absolute Gasteiger partial charge is 0.416 e. The molecule has 4 rings (SSSR count). The first kappa shape index (κ1) is 22.0. The number of aromatic nitrogens is 2. The molecule has 0 saturated carbocycles. The third-order valence-corrected chi connectivity index (χ3v) is 5.55. The number of nitrogens with zero attached hydrogens (tertiary/aromatic N) is 3. The number of piperidine rings is 1. The molecular weight excluding hydrogens is 426 g/mol. The lowest BCUT2D eigenvalue weighted by molar-refractivity contribution is -0.137. The van der Waals surface area contributed by atoms with Gasteiger partial charge in [0.05, 0.1) is 17.5 Å². The van der Waals surface area contributed by atoms with Gasteiger partial charge in [0.1, 0.15) is 5.82 Å². The smallest absolute Gasteiger partial charge is 0.342 e. The Morgan fingerprint density at radius 1 is 1.12 bits per heavy atom. The maximum absolute atomic E-state index is 13.9. The Bertz CT molecular complexity index is 1080. The lowest BCUT2D eigenvalue weighted by Gasteiger charge is -2.32. The van der Waals surface area contributed by atoms with Gasteiger partial charge >= 0.3 is 6.18 Å². The highest BCUT2D eigenvalue weighted by Crippen LogP contribution is 2.29. The summed E-state index contributed by atoms with van der Waals surface area (Å²) in [5, 5.41) is 3.86. The molecule has 5 nitrogen and oxygen atoms in total. The molecule has 0 aliphatic carbocycles. The Labute approximate surface area is 182 Å². The number of amides is 1. The molecule has 168 valence electrons. The molecule has 2 heterocycles. The Hall–Kier alpha value is -3.23. The molecule has 0 bridgehead atoms. The quantitative estimate of drug-likeness (QED) is 0.521. The Balaban J connectivity index is 1.35. The molecule has 0 N–H and O–H groups in total. The molecule has 1 aromatic heterocycles. The summed E-state index contributed by atoms with van der Waals surface area (Å²) in [6.07, 6.45) is -2.21. The van der Waals surface area contributed by atoms with E-state index in [1.165, 1.54) is 18.2 Å². The van der Waals surface area contributed by atoms with Crippen molar-refractivity contribution in [2.45, 2.75) is 31.9 Å². The Morgan fingerprint density at radius 2 is 1.88 bits per heavy atom. The van der Waals surface area contributed by atoms with Crippen LogP contribution in [0.15, 0.2) is 53.1 Å². The Morgan fingerprint density at radius 3 is 2.59 bits per heavy atom. The molecule has 0 radical (unpaired) electrons. The van der Waals surface area contributed by atoms with Crippen LogP contribution in [0.3, 0.4) is 0 Å². The maximum atomic E-state index is 13.9. The fourth-order valence-electron chi connectivity index (χ4n) is 3.89. The van der Waals surface area contributed by atoms with Crippen LogP contribution >= 0.6 is 0 Å². The molecular formula is C23H21F4N3O2. The van der Waals surface area contributed by atoms with Crippen LogP contribution in [-0.2, 0) is 23.8 Å². The number of halogens is 4. The molecule has 1 atom stereocenters. The summed E-state index contributed by atoms with van der Waals surface area (Å²) in [4.78, 5) is 18.7. The van der Waals surface area contributed by atoms with Crippen LogP contribution in [0.2, 0.25) is 0 Å². The summed E-state index contributed by atoms with van der Waals surface area (Å²) in [5.41, 5.74) is 0.0668. The molecule has 1 aliphatic heterocycles. The second kappa shape index (κ2) is 9.10. The number of carbonyl (C=O) groups is 1. The number of rotatable bonds is 5. The van der Waals surface area contributed by atoms with Crippen molar-refractivity contribution in [2.75, 3.05) is 13.1 Å². The maximum Gasteiger partial charge on any atom is 0.416 e. The summed E-state index contributed by atoms with van der Waals surface area (Å²) in [6, 6.07) is 10.8.